The van der Waals surface area contributed by atoms with Crippen LogP contribution in [-0.4, -0.2) is 48.3 Å². The van der Waals surface area contributed by atoms with Crippen LogP contribution in [0.5, 0.6) is 0 Å². The highest BCUT2D eigenvalue weighted by atomic mass is 32.1. The molecule has 5 nitrogen and oxygen atoms in total. The van der Waals surface area contributed by atoms with Gasteiger partial charge in [-0.2, -0.15) is 0 Å². The molecular weight excluding hydrogens is 310 g/mol. The van der Waals surface area contributed by atoms with E-state index in [0.29, 0.717) is 12.6 Å². The lowest BCUT2D eigenvalue weighted by atomic mass is 9.51. The number of nitrogens with zero attached hydrogens (tertiary/aromatic N) is 2. The van der Waals surface area contributed by atoms with Crippen LogP contribution < -0.4 is 5.32 Å². The predicted octanol–water partition coefficient (Wildman–Crippen LogP) is 3.24. The van der Waals surface area contributed by atoms with Crippen LogP contribution in [0.1, 0.15) is 50.5 Å². The zero-order valence-electron chi connectivity index (χ0n) is 14.2. The topological polar surface area (TPSA) is 54.5 Å². The molecule has 1 heterocycles. The van der Waals surface area contributed by atoms with Crippen molar-refractivity contribution < 1.29 is 9.53 Å². The second kappa shape index (κ2) is 6.77. The van der Waals surface area contributed by atoms with Gasteiger partial charge in [0.05, 0.1) is 11.1 Å². The summed E-state index contributed by atoms with van der Waals surface area (Å²) in [7, 11) is 1.87. The van der Waals surface area contributed by atoms with E-state index >= 15 is 0 Å². The Morgan fingerprint density at radius 1 is 1.61 bits per heavy atom. The van der Waals surface area contributed by atoms with Gasteiger partial charge in [0, 0.05) is 49.2 Å². The average Bonchev–Trinajstić information content (AvgIpc) is 2.98. The van der Waals surface area contributed by atoms with Crippen molar-refractivity contribution in [2.45, 2.75) is 57.6 Å². The summed E-state index contributed by atoms with van der Waals surface area (Å²) in [5.41, 5.74) is 0.216. The highest BCUT2D eigenvalue weighted by Crippen LogP contribution is 2.57. The number of carbonyl (C=O) groups excluding carboxylic acids is 1. The minimum Gasteiger partial charge on any atom is -0.378 e. The van der Waals surface area contributed by atoms with Crippen molar-refractivity contribution >= 4 is 17.4 Å². The van der Waals surface area contributed by atoms with Crippen LogP contribution in [0.4, 0.5) is 4.79 Å². The van der Waals surface area contributed by atoms with Crippen LogP contribution in [0.25, 0.3) is 0 Å². The normalized spacial score (nSPS) is 26.2. The van der Waals surface area contributed by atoms with E-state index in [9.17, 15) is 4.79 Å². The Balaban J connectivity index is 1.51. The van der Waals surface area contributed by atoms with Gasteiger partial charge in [-0.3, -0.25) is 0 Å². The zero-order valence-corrected chi connectivity index (χ0v) is 15.1. The molecule has 0 saturated heterocycles. The smallest absolute Gasteiger partial charge is 0.317 e. The van der Waals surface area contributed by atoms with E-state index < -0.39 is 0 Å². The number of thiazole rings is 1. The Hall–Kier alpha value is -1.14. The standard InChI is InChI=1S/C17H27N3O2S/c1-4-22-14-10-13(17(14)6-5-7-17)19-16(21)20(3)11-12(2)15-18-8-9-23-15/h8-9,12-14H,4-7,10-11H2,1-3H3,(H,19,21)/t12-,13+,14-/m1/s1. The number of nitrogens with one attached hydrogen (secondary N) is 1. The summed E-state index contributed by atoms with van der Waals surface area (Å²) >= 11 is 1.65. The second-order valence-corrected chi connectivity index (χ2v) is 7.85. The number of aromatic nitrogens is 1. The summed E-state index contributed by atoms with van der Waals surface area (Å²) in [6, 6.07) is 0.303. The molecule has 0 aliphatic heterocycles. The summed E-state index contributed by atoms with van der Waals surface area (Å²) in [5.74, 6) is 0.265. The molecule has 2 saturated carbocycles. The Morgan fingerprint density at radius 2 is 2.39 bits per heavy atom. The van der Waals surface area contributed by atoms with Gasteiger partial charge in [-0.1, -0.05) is 13.3 Å². The molecule has 2 amide bonds. The molecule has 128 valence electrons. The molecule has 0 aromatic carbocycles. The molecule has 1 N–H and O–H groups in total. The molecule has 23 heavy (non-hydrogen) atoms. The van der Waals surface area contributed by atoms with Crippen LogP contribution in [0.3, 0.4) is 0 Å². The molecule has 0 unspecified atom stereocenters. The van der Waals surface area contributed by atoms with Crippen molar-refractivity contribution in [1.29, 1.82) is 0 Å². The lowest BCUT2D eigenvalue weighted by molar-refractivity contribution is -0.169. The first-order valence-electron chi connectivity index (χ1n) is 8.59. The van der Waals surface area contributed by atoms with Crippen molar-refractivity contribution in [3.8, 4) is 0 Å². The SMILES string of the molecule is CCO[C@@H]1C[C@H](NC(=O)N(C)C[C@@H](C)c2nccs2)C12CCC2. The molecule has 2 aliphatic carbocycles. The number of hydrogen-bond acceptors (Lipinski definition) is 4. The van der Waals surface area contributed by atoms with Crippen LogP contribution >= 0.6 is 11.3 Å². The van der Waals surface area contributed by atoms with Crippen LogP contribution in [0.2, 0.25) is 0 Å². The fraction of sp³-hybridized carbons (Fsp3) is 0.765. The third-order valence-corrected chi connectivity index (χ3v) is 6.51. The summed E-state index contributed by atoms with van der Waals surface area (Å²) in [6.45, 7) is 5.61. The molecule has 3 atom stereocenters. The molecule has 2 fully saturated rings. The van der Waals surface area contributed by atoms with Crippen LogP contribution in [0, 0.1) is 5.41 Å². The van der Waals surface area contributed by atoms with E-state index in [1.54, 1.807) is 16.2 Å². The molecule has 1 spiro atoms. The summed E-state index contributed by atoms with van der Waals surface area (Å²) in [6.07, 6.45) is 6.73. The van der Waals surface area contributed by atoms with Gasteiger partial charge >= 0.3 is 6.03 Å². The first-order chi connectivity index (χ1) is 11.1. The number of carbonyl (C=O) groups is 1. The molecule has 0 bridgehead atoms. The van der Waals surface area contributed by atoms with Crippen molar-refractivity contribution in [2.75, 3.05) is 20.2 Å². The monoisotopic (exact) mass is 337 g/mol. The van der Waals surface area contributed by atoms with Gasteiger partial charge < -0.3 is 15.0 Å². The maximum atomic E-state index is 12.5. The lowest BCUT2D eigenvalue weighted by Crippen LogP contribution is -2.68. The van der Waals surface area contributed by atoms with Gasteiger partial charge in [0.1, 0.15) is 0 Å². The minimum atomic E-state index is 0.0274. The molecule has 3 rings (SSSR count). The largest absolute Gasteiger partial charge is 0.378 e. The van der Waals surface area contributed by atoms with Crippen LogP contribution in [0.15, 0.2) is 11.6 Å². The average molecular weight is 337 g/mol. The third kappa shape index (κ3) is 3.11. The number of ether oxygens (including phenoxy) is 1. The number of urea groups is 1. The van der Waals surface area contributed by atoms with Crippen molar-refractivity contribution in [3.63, 3.8) is 0 Å². The third-order valence-electron chi connectivity index (χ3n) is 5.50. The van der Waals surface area contributed by atoms with Gasteiger partial charge in [-0.25, -0.2) is 9.78 Å². The summed E-state index contributed by atoms with van der Waals surface area (Å²) in [4.78, 5) is 18.6. The Morgan fingerprint density at radius 3 is 2.96 bits per heavy atom. The Labute approximate surface area is 142 Å². The molecule has 2 aliphatic rings. The lowest BCUT2D eigenvalue weighted by Gasteiger charge is -2.61. The second-order valence-electron chi connectivity index (χ2n) is 6.92. The van der Waals surface area contributed by atoms with Crippen LogP contribution in [-0.2, 0) is 4.74 Å². The Bertz CT molecular complexity index is 530. The van der Waals surface area contributed by atoms with Gasteiger partial charge in [-0.05, 0) is 26.2 Å². The maximum Gasteiger partial charge on any atom is 0.317 e. The number of rotatable bonds is 6. The fourth-order valence-corrected chi connectivity index (χ4v) is 4.64. The highest BCUT2D eigenvalue weighted by molar-refractivity contribution is 7.09. The molecule has 1 aromatic rings. The highest BCUT2D eigenvalue weighted by Gasteiger charge is 2.59. The number of likely N-dealkylation sites (N-methyl/N-ethyl adjacent to an activating group) is 1. The van der Waals surface area contributed by atoms with E-state index in [1.807, 2.05) is 25.5 Å². The fourth-order valence-electron chi connectivity index (χ4n) is 3.95. The molecular formula is C17H27N3O2S. The van der Waals surface area contributed by atoms with Crippen molar-refractivity contribution in [1.82, 2.24) is 15.2 Å². The summed E-state index contributed by atoms with van der Waals surface area (Å²) < 4.78 is 5.85. The van der Waals surface area contributed by atoms with Crippen molar-refractivity contribution in [2.24, 2.45) is 5.41 Å². The summed E-state index contributed by atoms with van der Waals surface area (Å²) in [5, 5.41) is 6.30. The number of hydrogen-bond donors (Lipinski definition) is 1. The van der Waals surface area contributed by atoms with Gasteiger partial charge in [-0.15, -0.1) is 11.3 Å². The van der Waals surface area contributed by atoms with E-state index in [2.05, 4.69) is 17.2 Å². The Kier molecular flexibility index (Phi) is 4.92. The first-order valence-corrected chi connectivity index (χ1v) is 9.47. The van der Waals surface area contributed by atoms with E-state index in [0.717, 1.165) is 18.0 Å². The van der Waals surface area contributed by atoms with Gasteiger partial charge in [0.25, 0.3) is 0 Å². The van der Waals surface area contributed by atoms with E-state index in [1.165, 1.54) is 19.3 Å². The quantitative estimate of drug-likeness (QED) is 0.867. The zero-order chi connectivity index (χ0) is 16.4. The molecule has 0 radical (unpaired) electrons. The minimum absolute atomic E-state index is 0.0274. The van der Waals surface area contributed by atoms with E-state index in [-0.39, 0.29) is 23.4 Å². The van der Waals surface area contributed by atoms with E-state index in [4.69, 9.17) is 4.74 Å². The van der Waals surface area contributed by atoms with Gasteiger partial charge in [0.2, 0.25) is 0 Å². The first kappa shape index (κ1) is 16.7. The number of amides is 2. The van der Waals surface area contributed by atoms with Gasteiger partial charge in [0.15, 0.2) is 0 Å². The molecule has 6 heteroatoms. The maximum absolute atomic E-state index is 12.5. The predicted molar refractivity (Wildman–Crippen MR) is 91.8 cm³/mol. The van der Waals surface area contributed by atoms with Crippen molar-refractivity contribution in [3.05, 3.63) is 16.6 Å². The molecule has 1 aromatic heterocycles.